The van der Waals surface area contributed by atoms with Gasteiger partial charge in [0.2, 0.25) is 0 Å². The van der Waals surface area contributed by atoms with Crippen molar-refractivity contribution in [3.8, 4) is 0 Å². The van der Waals surface area contributed by atoms with Crippen molar-refractivity contribution in [1.29, 1.82) is 0 Å². The molecule has 0 aliphatic carbocycles. The van der Waals surface area contributed by atoms with E-state index in [9.17, 15) is 4.79 Å². The highest BCUT2D eigenvalue weighted by molar-refractivity contribution is 6.30. The predicted octanol–water partition coefficient (Wildman–Crippen LogP) is 2.87. The number of hydrogen-bond acceptors (Lipinski definition) is 1. The standard InChI is InChI=1S/C8H14Cl2O2/c1-2-3-4-6(9)5-7(10)8(11)12/h6-7H,2-5H2,1H3,(H,11,12). The largest absolute Gasteiger partial charge is 0.480 e. The molecule has 12 heavy (non-hydrogen) atoms. The third-order valence-corrected chi connectivity index (χ3v) is 2.36. The minimum atomic E-state index is -0.987. The van der Waals surface area contributed by atoms with Crippen molar-refractivity contribution in [3.05, 3.63) is 0 Å². The van der Waals surface area contributed by atoms with Crippen LogP contribution in [0.2, 0.25) is 0 Å². The van der Waals surface area contributed by atoms with E-state index in [1.807, 2.05) is 0 Å². The average molecular weight is 213 g/mol. The van der Waals surface area contributed by atoms with Gasteiger partial charge in [0.1, 0.15) is 5.38 Å². The molecule has 0 aromatic carbocycles. The third-order valence-electron chi connectivity index (χ3n) is 1.60. The van der Waals surface area contributed by atoms with Crippen LogP contribution in [0.3, 0.4) is 0 Å². The van der Waals surface area contributed by atoms with Crippen LogP contribution in [0.15, 0.2) is 0 Å². The number of carbonyl (C=O) groups is 1. The first kappa shape index (κ1) is 12.0. The van der Waals surface area contributed by atoms with E-state index in [1.165, 1.54) is 0 Å². The van der Waals surface area contributed by atoms with Gasteiger partial charge in [-0.3, -0.25) is 4.79 Å². The first-order chi connectivity index (χ1) is 5.57. The smallest absolute Gasteiger partial charge is 0.321 e. The monoisotopic (exact) mass is 212 g/mol. The first-order valence-electron chi connectivity index (χ1n) is 4.08. The lowest BCUT2D eigenvalue weighted by Crippen LogP contribution is -2.17. The van der Waals surface area contributed by atoms with Gasteiger partial charge in [0.25, 0.3) is 0 Å². The third kappa shape index (κ3) is 5.67. The van der Waals surface area contributed by atoms with Crippen LogP contribution in [-0.4, -0.2) is 21.8 Å². The van der Waals surface area contributed by atoms with Crippen molar-refractivity contribution in [3.63, 3.8) is 0 Å². The molecule has 0 saturated heterocycles. The van der Waals surface area contributed by atoms with E-state index in [4.69, 9.17) is 28.3 Å². The van der Waals surface area contributed by atoms with E-state index in [-0.39, 0.29) is 5.38 Å². The average Bonchev–Trinajstić information content (AvgIpc) is 2.00. The molecule has 0 aromatic heterocycles. The van der Waals surface area contributed by atoms with E-state index in [0.29, 0.717) is 6.42 Å². The maximum atomic E-state index is 10.3. The predicted molar refractivity (Wildman–Crippen MR) is 51.1 cm³/mol. The summed E-state index contributed by atoms with van der Waals surface area (Å²) >= 11 is 11.4. The van der Waals surface area contributed by atoms with E-state index in [0.717, 1.165) is 19.3 Å². The summed E-state index contributed by atoms with van der Waals surface area (Å²) in [4.78, 5) is 10.3. The van der Waals surface area contributed by atoms with E-state index in [1.54, 1.807) is 0 Å². The SMILES string of the molecule is CCCCC(Cl)CC(Cl)C(=O)O. The molecule has 0 aliphatic rings. The minimum absolute atomic E-state index is 0.108. The molecule has 0 amide bonds. The van der Waals surface area contributed by atoms with Gasteiger partial charge in [-0.2, -0.15) is 0 Å². The van der Waals surface area contributed by atoms with Crippen LogP contribution in [-0.2, 0) is 4.79 Å². The molecule has 2 atom stereocenters. The van der Waals surface area contributed by atoms with Crippen LogP contribution in [0.5, 0.6) is 0 Å². The summed E-state index contributed by atoms with van der Waals surface area (Å²) < 4.78 is 0. The fraction of sp³-hybridized carbons (Fsp3) is 0.875. The molecule has 0 spiro atoms. The van der Waals surface area contributed by atoms with Crippen LogP contribution in [0.25, 0.3) is 0 Å². The highest BCUT2D eigenvalue weighted by Gasteiger charge is 2.17. The Morgan fingerprint density at radius 3 is 2.50 bits per heavy atom. The zero-order valence-electron chi connectivity index (χ0n) is 7.09. The van der Waals surface area contributed by atoms with Gasteiger partial charge in [-0.1, -0.05) is 19.8 Å². The van der Waals surface area contributed by atoms with Crippen LogP contribution >= 0.6 is 23.2 Å². The number of rotatable bonds is 6. The molecule has 0 aromatic rings. The summed E-state index contributed by atoms with van der Waals surface area (Å²) in [5.74, 6) is -0.987. The molecule has 0 fully saturated rings. The van der Waals surface area contributed by atoms with Gasteiger partial charge in [-0.05, 0) is 12.8 Å². The van der Waals surface area contributed by atoms with Crippen molar-refractivity contribution < 1.29 is 9.90 Å². The molecule has 0 saturated carbocycles. The zero-order chi connectivity index (χ0) is 9.56. The fourth-order valence-electron chi connectivity index (χ4n) is 0.869. The second kappa shape index (κ2) is 6.55. The molecule has 1 N–H and O–H groups in total. The summed E-state index contributed by atoms with van der Waals surface area (Å²) in [5.41, 5.74) is 0. The zero-order valence-corrected chi connectivity index (χ0v) is 8.61. The van der Waals surface area contributed by atoms with Gasteiger partial charge in [-0.15, -0.1) is 23.2 Å². The number of carboxylic acid groups (broad SMARTS) is 1. The van der Waals surface area contributed by atoms with Crippen molar-refractivity contribution >= 4 is 29.2 Å². The van der Waals surface area contributed by atoms with Crippen molar-refractivity contribution in [2.45, 2.75) is 43.4 Å². The first-order valence-corrected chi connectivity index (χ1v) is 4.96. The molecule has 72 valence electrons. The molecular weight excluding hydrogens is 199 g/mol. The highest BCUT2D eigenvalue weighted by atomic mass is 35.5. The minimum Gasteiger partial charge on any atom is -0.480 e. The maximum Gasteiger partial charge on any atom is 0.321 e. The molecule has 0 radical (unpaired) electrons. The topological polar surface area (TPSA) is 37.3 Å². The summed E-state index contributed by atoms with van der Waals surface area (Å²) in [7, 11) is 0. The number of aliphatic carboxylic acids is 1. The van der Waals surface area contributed by atoms with Crippen LogP contribution in [0.1, 0.15) is 32.6 Å². The Hall–Kier alpha value is 0.0500. The van der Waals surface area contributed by atoms with Crippen molar-refractivity contribution in [2.24, 2.45) is 0 Å². The van der Waals surface area contributed by atoms with Crippen LogP contribution < -0.4 is 0 Å². The molecule has 0 bridgehead atoms. The Morgan fingerprint density at radius 2 is 2.08 bits per heavy atom. The van der Waals surface area contributed by atoms with Gasteiger partial charge >= 0.3 is 5.97 Å². The van der Waals surface area contributed by atoms with E-state index >= 15 is 0 Å². The van der Waals surface area contributed by atoms with Crippen molar-refractivity contribution in [1.82, 2.24) is 0 Å². The van der Waals surface area contributed by atoms with Crippen LogP contribution in [0, 0.1) is 0 Å². The Balaban J connectivity index is 3.53. The fourth-order valence-corrected chi connectivity index (χ4v) is 1.51. The second-order valence-electron chi connectivity index (χ2n) is 2.78. The quantitative estimate of drug-likeness (QED) is 0.688. The molecule has 0 rings (SSSR count). The Kier molecular flexibility index (Phi) is 6.58. The second-order valence-corrected chi connectivity index (χ2v) is 3.93. The maximum absolute atomic E-state index is 10.3. The molecule has 0 aliphatic heterocycles. The normalized spacial score (nSPS) is 15.6. The lowest BCUT2D eigenvalue weighted by atomic mass is 10.1. The number of hydrogen-bond donors (Lipinski definition) is 1. The van der Waals surface area contributed by atoms with Gasteiger partial charge in [0, 0.05) is 5.38 Å². The number of unbranched alkanes of at least 4 members (excludes halogenated alkanes) is 1. The Labute approximate surface area is 82.9 Å². The summed E-state index contributed by atoms with van der Waals surface area (Å²) in [6.45, 7) is 2.07. The van der Waals surface area contributed by atoms with Crippen LogP contribution in [0.4, 0.5) is 0 Å². The Morgan fingerprint density at radius 1 is 1.50 bits per heavy atom. The van der Waals surface area contributed by atoms with Gasteiger partial charge in [0.15, 0.2) is 0 Å². The lowest BCUT2D eigenvalue weighted by Gasteiger charge is -2.09. The number of carboxylic acids is 1. The van der Waals surface area contributed by atoms with Crippen molar-refractivity contribution in [2.75, 3.05) is 0 Å². The van der Waals surface area contributed by atoms with E-state index < -0.39 is 11.3 Å². The molecule has 0 heterocycles. The molecule has 2 nitrogen and oxygen atoms in total. The highest BCUT2D eigenvalue weighted by Crippen LogP contribution is 2.16. The number of halogens is 2. The molecule has 2 unspecified atom stereocenters. The summed E-state index contributed by atoms with van der Waals surface area (Å²) in [5, 5.41) is 7.51. The Bertz CT molecular complexity index is 139. The summed E-state index contributed by atoms with van der Waals surface area (Å²) in [6, 6.07) is 0. The van der Waals surface area contributed by atoms with E-state index in [2.05, 4.69) is 6.92 Å². The molecular formula is C8H14Cl2O2. The number of alkyl halides is 2. The molecule has 4 heteroatoms. The summed E-state index contributed by atoms with van der Waals surface area (Å²) in [6.07, 6.45) is 3.29. The van der Waals surface area contributed by atoms with Gasteiger partial charge in [-0.25, -0.2) is 0 Å². The van der Waals surface area contributed by atoms with Gasteiger partial charge < -0.3 is 5.11 Å². The van der Waals surface area contributed by atoms with Gasteiger partial charge in [0.05, 0.1) is 0 Å². The lowest BCUT2D eigenvalue weighted by molar-refractivity contribution is -0.136.